The molecule has 1 aromatic heterocycles. The smallest absolute Gasteiger partial charge is 0.136 e. The molecule has 352 valence electrons. The van der Waals surface area contributed by atoms with Crippen molar-refractivity contribution >= 4 is 39.0 Å². The summed E-state index contributed by atoms with van der Waals surface area (Å²) in [7, 11) is 0. The van der Waals surface area contributed by atoms with Crippen LogP contribution in [0.1, 0.15) is 22.3 Å². The minimum Gasteiger partial charge on any atom is -0.456 e. The Balaban J connectivity index is 0.953. The lowest BCUT2D eigenvalue weighted by atomic mass is 9.67. The summed E-state index contributed by atoms with van der Waals surface area (Å²) in [5, 5.41) is 2.25. The average Bonchev–Trinajstić information content (AvgIpc) is 4.10. The van der Waals surface area contributed by atoms with E-state index in [1.165, 1.54) is 61.2 Å². The maximum atomic E-state index is 6.36. The van der Waals surface area contributed by atoms with E-state index in [0.29, 0.717) is 0 Å². The molecule has 0 atom stereocenters. The maximum Gasteiger partial charge on any atom is 0.136 e. The molecule has 14 rings (SSSR count). The van der Waals surface area contributed by atoms with Crippen LogP contribution in [0.4, 0.5) is 17.1 Å². The van der Waals surface area contributed by atoms with E-state index < -0.39 is 5.41 Å². The molecule has 0 saturated carbocycles. The van der Waals surface area contributed by atoms with Gasteiger partial charge in [0.15, 0.2) is 0 Å². The van der Waals surface area contributed by atoms with Gasteiger partial charge in [-0.1, -0.05) is 237 Å². The van der Waals surface area contributed by atoms with Crippen molar-refractivity contribution in [2.24, 2.45) is 0 Å². The van der Waals surface area contributed by atoms with Crippen molar-refractivity contribution in [1.82, 2.24) is 0 Å². The minimum atomic E-state index is -0.522. The maximum absolute atomic E-state index is 6.36. The molecule has 1 aliphatic rings. The molecule has 1 heterocycles. The van der Waals surface area contributed by atoms with Crippen molar-refractivity contribution in [3.63, 3.8) is 0 Å². The van der Waals surface area contributed by atoms with Gasteiger partial charge in [0.1, 0.15) is 11.2 Å². The normalized spacial score (nSPS) is 12.4. The second-order valence-corrected chi connectivity index (χ2v) is 19.5. The van der Waals surface area contributed by atoms with E-state index in [0.717, 1.165) is 66.8 Å². The number of hydrogen-bond acceptors (Lipinski definition) is 2. The molecular weight excluding hydrogens is 907 g/mol. The highest BCUT2D eigenvalue weighted by Gasteiger charge is 2.47. The van der Waals surface area contributed by atoms with Crippen LogP contribution in [-0.2, 0) is 5.41 Å². The molecule has 0 fully saturated rings. The van der Waals surface area contributed by atoms with Crippen molar-refractivity contribution in [1.29, 1.82) is 0 Å². The van der Waals surface area contributed by atoms with Crippen molar-refractivity contribution in [3.05, 3.63) is 320 Å². The van der Waals surface area contributed by atoms with Gasteiger partial charge in [-0.05, 0) is 144 Å². The molecular formula is C73H49NO. The van der Waals surface area contributed by atoms with E-state index in [2.05, 4.69) is 296 Å². The van der Waals surface area contributed by atoms with E-state index in [9.17, 15) is 0 Å². The molecule has 0 amide bonds. The van der Waals surface area contributed by atoms with Crippen LogP contribution in [0.3, 0.4) is 0 Å². The SMILES string of the molecule is c1ccc(-c2cc(-c3ccccc3)cc(-c3ccc(N(c4ccc(-c5cccc6oc7ccccc7c56)cc4)c4ccccc4-c4cccc5c4-c4ccccc4C5(c4ccccc4)c4ccccc4)cc3)c2)cc1. The van der Waals surface area contributed by atoms with Gasteiger partial charge < -0.3 is 9.32 Å². The molecule has 12 aromatic carbocycles. The monoisotopic (exact) mass is 955 g/mol. The lowest BCUT2D eigenvalue weighted by Crippen LogP contribution is -2.28. The Kier molecular flexibility index (Phi) is 10.8. The summed E-state index contributed by atoms with van der Waals surface area (Å²) < 4.78 is 6.36. The summed E-state index contributed by atoms with van der Waals surface area (Å²) in [5.41, 5.74) is 23.7. The molecule has 0 radical (unpaired) electrons. The highest BCUT2D eigenvalue weighted by molar-refractivity contribution is 6.12. The number of nitrogens with zero attached hydrogens (tertiary/aromatic N) is 1. The van der Waals surface area contributed by atoms with Crippen LogP contribution in [0.25, 0.3) is 88.7 Å². The minimum absolute atomic E-state index is 0.522. The zero-order valence-electron chi connectivity index (χ0n) is 41.1. The van der Waals surface area contributed by atoms with E-state index >= 15 is 0 Å². The van der Waals surface area contributed by atoms with E-state index in [1.54, 1.807) is 0 Å². The van der Waals surface area contributed by atoms with Crippen LogP contribution in [0.15, 0.2) is 302 Å². The van der Waals surface area contributed by atoms with Gasteiger partial charge >= 0.3 is 0 Å². The van der Waals surface area contributed by atoms with Gasteiger partial charge in [-0.2, -0.15) is 0 Å². The molecule has 0 spiro atoms. The third-order valence-electron chi connectivity index (χ3n) is 15.4. The van der Waals surface area contributed by atoms with E-state index in [1.807, 2.05) is 6.07 Å². The summed E-state index contributed by atoms with van der Waals surface area (Å²) in [6.45, 7) is 0. The largest absolute Gasteiger partial charge is 0.456 e. The molecule has 2 heteroatoms. The second-order valence-electron chi connectivity index (χ2n) is 19.5. The Hall–Kier alpha value is -9.76. The van der Waals surface area contributed by atoms with Crippen molar-refractivity contribution in [3.8, 4) is 66.8 Å². The number of benzene rings is 12. The Morgan fingerprint density at radius 3 is 1.35 bits per heavy atom. The Morgan fingerprint density at radius 1 is 0.280 bits per heavy atom. The van der Waals surface area contributed by atoms with Crippen LogP contribution >= 0.6 is 0 Å². The highest BCUT2D eigenvalue weighted by Crippen LogP contribution is 2.59. The van der Waals surface area contributed by atoms with Crippen LogP contribution in [0, 0.1) is 0 Å². The molecule has 1 aliphatic carbocycles. The molecule has 0 bridgehead atoms. The predicted molar refractivity (Wildman–Crippen MR) is 313 cm³/mol. The summed E-state index contributed by atoms with van der Waals surface area (Å²) in [6.07, 6.45) is 0. The molecule has 75 heavy (non-hydrogen) atoms. The fourth-order valence-electron chi connectivity index (χ4n) is 12.0. The number of anilines is 3. The molecule has 0 aliphatic heterocycles. The number of para-hydroxylation sites is 2. The van der Waals surface area contributed by atoms with Crippen molar-refractivity contribution in [2.45, 2.75) is 5.41 Å². The molecule has 0 saturated heterocycles. The summed E-state index contributed by atoms with van der Waals surface area (Å²) >= 11 is 0. The highest BCUT2D eigenvalue weighted by atomic mass is 16.3. The average molecular weight is 956 g/mol. The van der Waals surface area contributed by atoms with Gasteiger partial charge in [0, 0.05) is 27.7 Å². The van der Waals surface area contributed by atoms with Gasteiger partial charge in [0.2, 0.25) is 0 Å². The van der Waals surface area contributed by atoms with Gasteiger partial charge in [0.25, 0.3) is 0 Å². The van der Waals surface area contributed by atoms with Crippen LogP contribution in [0.2, 0.25) is 0 Å². The first kappa shape index (κ1) is 44.0. The Labute approximate surface area is 437 Å². The third-order valence-corrected chi connectivity index (χ3v) is 15.4. The molecule has 2 nitrogen and oxygen atoms in total. The van der Waals surface area contributed by atoms with Crippen LogP contribution in [0.5, 0.6) is 0 Å². The predicted octanol–water partition coefficient (Wildman–Crippen LogP) is 19.8. The van der Waals surface area contributed by atoms with Gasteiger partial charge in [0.05, 0.1) is 11.1 Å². The van der Waals surface area contributed by atoms with E-state index in [-0.39, 0.29) is 0 Å². The van der Waals surface area contributed by atoms with E-state index in [4.69, 9.17) is 4.42 Å². The standard InChI is InChI=1S/C73H49NO/c1-5-21-50(22-6-1)54-47-55(51-23-7-2-8-24-51)49-56(48-54)52-39-43-59(44-40-52)74(60-45-41-53(42-46-60)61-32-20-38-70-72(61)65-31-15-18-37-69(65)75-70)68-36-17-14-29-62(68)63-33-19-35-67-71(63)64-30-13-16-34-66(64)73(67,57-25-9-3-10-26-57)58-27-11-4-12-28-58/h1-49H. The first-order valence-electron chi connectivity index (χ1n) is 25.8. The Morgan fingerprint density at radius 2 is 0.720 bits per heavy atom. The summed E-state index contributed by atoms with van der Waals surface area (Å²) in [4.78, 5) is 2.44. The number of rotatable bonds is 10. The lowest BCUT2D eigenvalue weighted by molar-refractivity contribution is 0.669. The quantitative estimate of drug-likeness (QED) is 0.136. The van der Waals surface area contributed by atoms with Gasteiger partial charge in [-0.3, -0.25) is 0 Å². The molecule has 0 N–H and O–H groups in total. The van der Waals surface area contributed by atoms with Crippen LogP contribution < -0.4 is 4.90 Å². The number of hydrogen-bond donors (Lipinski definition) is 0. The fraction of sp³-hybridized carbons (Fsp3) is 0.0137. The summed E-state index contributed by atoms with van der Waals surface area (Å²) in [6, 6.07) is 108. The van der Waals surface area contributed by atoms with Crippen molar-refractivity contribution < 1.29 is 4.42 Å². The number of fused-ring (bicyclic) bond motifs is 6. The Bertz CT molecular complexity index is 4100. The molecule has 0 unspecified atom stereocenters. The fourth-order valence-corrected chi connectivity index (χ4v) is 12.0. The van der Waals surface area contributed by atoms with Gasteiger partial charge in [-0.15, -0.1) is 0 Å². The second kappa shape index (κ2) is 18.4. The summed E-state index contributed by atoms with van der Waals surface area (Å²) in [5.74, 6) is 0. The van der Waals surface area contributed by atoms with Crippen molar-refractivity contribution in [2.75, 3.05) is 4.90 Å². The zero-order chi connectivity index (χ0) is 49.7. The topological polar surface area (TPSA) is 16.4 Å². The zero-order valence-corrected chi connectivity index (χ0v) is 41.1. The first-order valence-corrected chi connectivity index (χ1v) is 25.8. The first-order chi connectivity index (χ1) is 37.2. The number of furan rings is 1. The van der Waals surface area contributed by atoms with Gasteiger partial charge in [-0.25, -0.2) is 0 Å². The lowest BCUT2D eigenvalue weighted by Gasteiger charge is -2.34. The van der Waals surface area contributed by atoms with Crippen LogP contribution in [-0.4, -0.2) is 0 Å². The third kappa shape index (κ3) is 7.41. The molecule has 13 aromatic rings.